The lowest BCUT2D eigenvalue weighted by Crippen LogP contribution is -2.34. The molecule has 1 amide bonds. The highest BCUT2D eigenvalue weighted by atomic mass is 35.5. The van der Waals surface area contributed by atoms with E-state index < -0.39 is 10.0 Å². The number of halogens is 2. The van der Waals surface area contributed by atoms with E-state index >= 15 is 0 Å². The number of hydrogen-bond acceptors (Lipinski definition) is 3. The summed E-state index contributed by atoms with van der Waals surface area (Å²) in [7, 11) is -3.75. The predicted molar refractivity (Wildman–Crippen MR) is 89.5 cm³/mol. The highest BCUT2D eigenvalue weighted by Gasteiger charge is 2.32. The van der Waals surface area contributed by atoms with Crippen LogP contribution in [0.1, 0.15) is 43.0 Å². The Morgan fingerprint density at radius 2 is 1.83 bits per heavy atom. The average molecular weight is 377 g/mol. The maximum Gasteiger partial charge on any atom is 0.253 e. The lowest BCUT2D eigenvalue weighted by atomic mass is 10.1. The Morgan fingerprint density at radius 3 is 2.39 bits per heavy atom. The highest BCUT2D eigenvalue weighted by molar-refractivity contribution is 7.89. The molecule has 0 radical (unpaired) electrons. The van der Waals surface area contributed by atoms with Crippen molar-refractivity contribution in [3.05, 3.63) is 27.7 Å². The molecule has 0 saturated heterocycles. The van der Waals surface area contributed by atoms with Crippen molar-refractivity contribution in [1.82, 2.24) is 10.0 Å². The van der Waals surface area contributed by atoms with Crippen molar-refractivity contribution in [2.45, 2.75) is 49.6 Å². The third-order valence-electron chi connectivity index (χ3n) is 4.14. The van der Waals surface area contributed by atoms with E-state index in [0.29, 0.717) is 5.92 Å². The van der Waals surface area contributed by atoms with Crippen LogP contribution in [0.2, 0.25) is 10.0 Å². The van der Waals surface area contributed by atoms with Crippen LogP contribution in [0.4, 0.5) is 0 Å². The third kappa shape index (κ3) is 3.99. The van der Waals surface area contributed by atoms with Gasteiger partial charge in [0.15, 0.2) is 0 Å². The van der Waals surface area contributed by atoms with Gasteiger partial charge in [0, 0.05) is 12.1 Å². The van der Waals surface area contributed by atoms with Crippen LogP contribution in [0.15, 0.2) is 17.0 Å². The summed E-state index contributed by atoms with van der Waals surface area (Å²) in [4.78, 5) is 12.3. The summed E-state index contributed by atoms with van der Waals surface area (Å²) in [6, 6.07) is 2.56. The van der Waals surface area contributed by atoms with E-state index in [0.717, 1.165) is 25.7 Å². The fraction of sp³-hybridized carbons (Fsp3) is 0.533. The molecular formula is C15H18Cl2N2O3S. The monoisotopic (exact) mass is 376 g/mol. The molecule has 2 aliphatic rings. The van der Waals surface area contributed by atoms with Crippen LogP contribution >= 0.6 is 23.2 Å². The van der Waals surface area contributed by atoms with E-state index in [-0.39, 0.29) is 38.5 Å². The molecular weight excluding hydrogens is 359 g/mol. The van der Waals surface area contributed by atoms with Crippen molar-refractivity contribution >= 4 is 39.1 Å². The van der Waals surface area contributed by atoms with Gasteiger partial charge in [0.25, 0.3) is 5.91 Å². The molecule has 1 aromatic rings. The van der Waals surface area contributed by atoms with Crippen LogP contribution in [-0.2, 0) is 10.0 Å². The molecule has 8 heteroatoms. The number of sulfonamides is 1. The fourth-order valence-corrected chi connectivity index (χ4v) is 4.56. The van der Waals surface area contributed by atoms with E-state index in [2.05, 4.69) is 10.0 Å². The number of amides is 1. The molecule has 23 heavy (non-hydrogen) atoms. The van der Waals surface area contributed by atoms with Crippen LogP contribution in [0.5, 0.6) is 0 Å². The van der Waals surface area contributed by atoms with Crippen LogP contribution in [0, 0.1) is 5.92 Å². The lowest BCUT2D eigenvalue weighted by Gasteiger charge is -2.15. The van der Waals surface area contributed by atoms with Crippen LogP contribution in [0.25, 0.3) is 0 Å². The summed E-state index contributed by atoms with van der Waals surface area (Å²) in [5.74, 6) is 0.110. The molecule has 0 spiro atoms. The maximum atomic E-state index is 12.4. The van der Waals surface area contributed by atoms with E-state index in [1.807, 2.05) is 6.92 Å². The number of rotatable bonds is 6. The molecule has 0 heterocycles. The van der Waals surface area contributed by atoms with Gasteiger partial charge in [-0.1, -0.05) is 23.2 Å². The molecule has 0 aliphatic heterocycles. The molecule has 3 rings (SSSR count). The number of carbonyl (C=O) groups is 1. The Bertz CT molecular complexity index is 743. The minimum Gasteiger partial charge on any atom is -0.349 e. The van der Waals surface area contributed by atoms with Gasteiger partial charge in [0.05, 0.1) is 15.6 Å². The molecule has 2 saturated carbocycles. The highest BCUT2D eigenvalue weighted by Crippen LogP contribution is 2.33. The van der Waals surface area contributed by atoms with Crippen molar-refractivity contribution in [3.8, 4) is 0 Å². The van der Waals surface area contributed by atoms with E-state index in [4.69, 9.17) is 23.2 Å². The summed E-state index contributed by atoms with van der Waals surface area (Å²) < 4.78 is 27.3. The second kappa shape index (κ2) is 6.24. The zero-order chi connectivity index (χ0) is 16.8. The van der Waals surface area contributed by atoms with Gasteiger partial charge in [0.1, 0.15) is 4.90 Å². The molecule has 1 atom stereocenters. The third-order valence-corrected chi connectivity index (χ3v) is 6.44. The topological polar surface area (TPSA) is 75.3 Å². The lowest BCUT2D eigenvalue weighted by molar-refractivity contribution is 0.0936. The first-order valence-corrected chi connectivity index (χ1v) is 9.84. The molecule has 2 aliphatic carbocycles. The molecule has 5 nitrogen and oxygen atoms in total. The van der Waals surface area contributed by atoms with Gasteiger partial charge in [-0.15, -0.1) is 0 Å². The summed E-state index contributed by atoms with van der Waals surface area (Å²) >= 11 is 12.1. The van der Waals surface area contributed by atoms with Gasteiger partial charge in [0.2, 0.25) is 10.0 Å². The Hall–Kier alpha value is -0.820. The number of nitrogens with one attached hydrogen (secondary N) is 2. The Morgan fingerprint density at radius 1 is 1.17 bits per heavy atom. The zero-order valence-electron chi connectivity index (χ0n) is 12.6. The van der Waals surface area contributed by atoms with Crippen LogP contribution < -0.4 is 10.0 Å². The van der Waals surface area contributed by atoms with Crippen molar-refractivity contribution in [3.63, 3.8) is 0 Å². The van der Waals surface area contributed by atoms with Crippen LogP contribution in [0.3, 0.4) is 0 Å². The molecule has 0 aromatic heterocycles. The molecule has 2 fully saturated rings. The normalized spacial score (nSPS) is 19.4. The zero-order valence-corrected chi connectivity index (χ0v) is 14.9. The first-order chi connectivity index (χ1) is 10.8. The van der Waals surface area contributed by atoms with Gasteiger partial charge in [-0.25, -0.2) is 13.1 Å². The molecule has 1 unspecified atom stereocenters. The van der Waals surface area contributed by atoms with Gasteiger partial charge in [-0.2, -0.15) is 0 Å². The second-order valence-electron chi connectivity index (χ2n) is 6.26. The minimum atomic E-state index is -3.75. The van der Waals surface area contributed by atoms with Gasteiger partial charge < -0.3 is 5.32 Å². The largest absolute Gasteiger partial charge is 0.349 e. The first kappa shape index (κ1) is 17.0. The summed E-state index contributed by atoms with van der Waals surface area (Å²) in [5, 5.41) is 3.02. The van der Waals surface area contributed by atoms with Crippen molar-refractivity contribution in [2.75, 3.05) is 0 Å². The first-order valence-electron chi connectivity index (χ1n) is 7.60. The van der Waals surface area contributed by atoms with E-state index in [1.165, 1.54) is 12.1 Å². The van der Waals surface area contributed by atoms with E-state index in [1.54, 1.807) is 0 Å². The van der Waals surface area contributed by atoms with Crippen molar-refractivity contribution in [1.29, 1.82) is 0 Å². The molecule has 2 N–H and O–H groups in total. The quantitative estimate of drug-likeness (QED) is 0.801. The van der Waals surface area contributed by atoms with Crippen molar-refractivity contribution in [2.24, 2.45) is 5.92 Å². The van der Waals surface area contributed by atoms with Gasteiger partial charge in [-0.05, 0) is 50.7 Å². The Kier molecular flexibility index (Phi) is 4.62. The standard InChI is InChI=1S/C15H18Cl2N2O3S/c1-8(9-2-3-9)18-15(20)11-6-14(13(17)7-12(11)16)23(21,22)19-10-4-5-10/h6-10,19H,2-5H2,1H3,(H,18,20). The molecule has 0 bridgehead atoms. The fourth-order valence-electron chi connectivity index (χ4n) is 2.39. The SMILES string of the molecule is CC(NC(=O)c1cc(S(=O)(=O)NC2CC2)c(Cl)cc1Cl)C1CC1. The summed E-state index contributed by atoms with van der Waals surface area (Å²) in [5.41, 5.74) is 0.125. The molecule has 1 aromatic carbocycles. The van der Waals surface area contributed by atoms with E-state index in [9.17, 15) is 13.2 Å². The Labute approximate surface area is 145 Å². The Balaban J connectivity index is 1.87. The number of benzene rings is 1. The van der Waals surface area contributed by atoms with Gasteiger partial charge >= 0.3 is 0 Å². The van der Waals surface area contributed by atoms with Gasteiger partial charge in [-0.3, -0.25) is 4.79 Å². The minimum absolute atomic E-state index is 0.00920. The van der Waals surface area contributed by atoms with Crippen LogP contribution in [-0.4, -0.2) is 26.4 Å². The second-order valence-corrected chi connectivity index (χ2v) is 8.75. The maximum absolute atomic E-state index is 12.4. The number of carbonyl (C=O) groups excluding carboxylic acids is 1. The summed E-state index contributed by atoms with van der Waals surface area (Å²) in [6.07, 6.45) is 3.83. The molecule has 126 valence electrons. The predicted octanol–water partition coefficient (Wildman–Crippen LogP) is 2.96. The van der Waals surface area contributed by atoms with Crippen molar-refractivity contribution < 1.29 is 13.2 Å². The summed E-state index contributed by atoms with van der Waals surface area (Å²) in [6.45, 7) is 1.94. The average Bonchev–Trinajstić information content (AvgIpc) is 3.31. The number of hydrogen-bond donors (Lipinski definition) is 2. The smallest absolute Gasteiger partial charge is 0.253 e.